The van der Waals surface area contributed by atoms with Crippen molar-refractivity contribution in [2.24, 2.45) is 5.41 Å². The lowest BCUT2D eigenvalue weighted by atomic mass is 9.89. The van der Waals surface area contributed by atoms with E-state index in [1.165, 1.54) is 12.1 Å². The van der Waals surface area contributed by atoms with E-state index in [0.717, 1.165) is 6.42 Å². The van der Waals surface area contributed by atoms with Crippen LogP contribution < -0.4 is 4.74 Å². The highest BCUT2D eigenvalue weighted by Gasteiger charge is 2.32. The summed E-state index contributed by atoms with van der Waals surface area (Å²) < 4.78 is 40.9. The third kappa shape index (κ3) is 6.19. The van der Waals surface area contributed by atoms with Gasteiger partial charge in [0, 0.05) is 5.56 Å². The summed E-state index contributed by atoms with van der Waals surface area (Å²) >= 11 is 6.20. The molecule has 108 valence electrons. The van der Waals surface area contributed by atoms with Gasteiger partial charge in [-0.05, 0) is 24.3 Å². The molecule has 1 aromatic rings. The first-order valence-electron chi connectivity index (χ1n) is 6.07. The molecule has 0 saturated heterocycles. The molecule has 0 aliphatic rings. The molecule has 0 saturated carbocycles. The third-order valence-electron chi connectivity index (χ3n) is 2.63. The van der Waals surface area contributed by atoms with Crippen LogP contribution in [-0.4, -0.2) is 6.36 Å². The van der Waals surface area contributed by atoms with Crippen LogP contribution in [-0.2, 0) is 0 Å². The minimum Gasteiger partial charge on any atom is -0.405 e. The summed E-state index contributed by atoms with van der Waals surface area (Å²) in [5, 5.41) is -0.488. The highest BCUT2D eigenvalue weighted by molar-refractivity contribution is 6.21. The molecule has 0 heterocycles. The lowest BCUT2D eigenvalue weighted by Crippen LogP contribution is -2.18. The second-order valence-electron chi connectivity index (χ2n) is 5.65. The van der Waals surface area contributed by atoms with Crippen LogP contribution in [0.1, 0.15) is 44.6 Å². The van der Waals surface area contributed by atoms with Gasteiger partial charge in [0.05, 0.1) is 5.38 Å². The molecule has 1 nitrogen and oxygen atoms in total. The van der Waals surface area contributed by atoms with Crippen molar-refractivity contribution >= 4 is 11.6 Å². The third-order valence-corrected chi connectivity index (χ3v) is 3.08. The Morgan fingerprint density at radius 1 is 1.16 bits per heavy atom. The molecule has 0 fully saturated rings. The Labute approximate surface area is 116 Å². The molecule has 0 bridgehead atoms. The summed E-state index contributed by atoms with van der Waals surface area (Å²) in [6.07, 6.45) is -3.28. The molecule has 0 amide bonds. The molecule has 0 aromatic heterocycles. The average molecular weight is 295 g/mol. The van der Waals surface area contributed by atoms with E-state index in [0.29, 0.717) is 12.0 Å². The summed E-state index contributed by atoms with van der Waals surface area (Å²) in [5.41, 5.74) is 0.471. The number of alkyl halides is 4. The molecule has 0 aliphatic carbocycles. The van der Waals surface area contributed by atoms with Gasteiger partial charge in [0.1, 0.15) is 5.75 Å². The number of hydrogen-bond donors (Lipinski definition) is 0. The van der Waals surface area contributed by atoms with Gasteiger partial charge < -0.3 is 4.74 Å². The monoisotopic (exact) mass is 294 g/mol. The molecular weight excluding hydrogens is 277 g/mol. The number of hydrogen-bond acceptors (Lipinski definition) is 1. The normalized spacial score (nSPS) is 14.3. The van der Waals surface area contributed by atoms with Crippen molar-refractivity contribution in [3.8, 4) is 5.75 Å². The lowest BCUT2D eigenvalue weighted by molar-refractivity contribution is -0.274. The van der Waals surface area contributed by atoms with E-state index >= 15 is 0 Å². The number of ether oxygens (including phenoxy) is 1. The van der Waals surface area contributed by atoms with Crippen LogP contribution in [0.4, 0.5) is 13.2 Å². The van der Waals surface area contributed by atoms with Crippen LogP contribution in [0.5, 0.6) is 5.75 Å². The molecule has 1 unspecified atom stereocenters. The summed E-state index contributed by atoms with van der Waals surface area (Å²) in [6, 6.07) is 6.01. The quantitative estimate of drug-likeness (QED) is 0.648. The number of rotatable bonds is 4. The zero-order chi connectivity index (χ0) is 14.7. The van der Waals surface area contributed by atoms with E-state index in [4.69, 9.17) is 11.6 Å². The molecule has 0 aliphatic heterocycles. The Bertz CT molecular complexity index is 410. The van der Waals surface area contributed by atoms with Crippen molar-refractivity contribution in [2.75, 3.05) is 0 Å². The van der Waals surface area contributed by atoms with E-state index in [1.54, 1.807) is 12.1 Å². The van der Waals surface area contributed by atoms with Crippen LogP contribution in [0.25, 0.3) is 0 Å². The minimum atomic E-state index is -4.70. The van der Waals surface area contributed by atoms with Gasteiger partial charge in [0.2, 0.25) is 0 Å². The van der Waals surface area contributed by atoms with E-state index < -0.39 is 11.7 Å². The smallest absolute Gasteiger partial charge is 0.405 e. The minimum absolute atomic E-state index is 0.0902. The van der Waals surface area contributed by atoms with Gasteiger partial charge in [-0.15, -0.1) is 24.8 Å². The van der Waals surface area contributed by atoms with E-state index in [-0.39, 0.29) is 11.2 Å². The first-order valence-corrected chi connectivity index (χ1v) is 6.51. The largest absolute Gasteiger partial charge is 0.573 e. The van der Waals surface area contributed by atoms with Crippen molar-refractivity contribution in [3.05, 3.63) is 29.8 Å². The maximum atomic E-state index is 12.3. The van der Waals surface area contributed by atoms with Crippen LogP contribution in [0.3, 0.4) is 0 Å². The Hall–Kier alpha value is -0.900. The number of para-hydroxylation sites is 1. The SMILES string of the molecule is CC(C)(C)CCC(Cl)c1ccccc1OC(F)(F)F. The molecule has 0 N–H and O–H groups in total. The van der Waals surface area contributed by atoms with Gasteiger partial charge in [0.15, 0.2) is 0 Å². The van der Waals surface area contributed by atoms with Gasteiger partial charge in [-0.25, -0.2) is 0 Å². The summed E-state index contributed by atoms with van der Waals surface area (Å²) in [5.74, 6) is -0.219. The van der Waals surface area contributed by atoms with Gasteiger partial charge >= 0.3 is 6.36 Å². The maximum Gasteiger partial charge on any atom is 0.573 e. The zero-order valence-electron chi connectivity index (χ0n) is 11.2. The summed E-state index contributed by atoms with van der Waals surface area (Å²) in [7, 11) is 0. The Balaban J connectivity index is 2.82. The molecule has 1 aromatic carbocycles. The molecular formula is C14H18ClF3O. The van der Waals surface area contributed by atoms with Crippen LogP contribution >= 0.6 is 11.6 Å². The van der Waals surface area contributed by atoms with Crippen LogP contribution in [0.15, 0.2) is 24.3 Å². The topological polar surface area (TPSA) is 9.23 Å². The maximum absolute atomic E-state index is 12.3. The van der Waals surface area contributed by atoms with E-state index in [2.05, 4.69) is 25.5 Å². The highest BCUT2D eigenvalue weighted by atomic mass is 35.5. The van der Waals surface area contributed by atoms with Crippen molar-refractivity contribution in [3.63, 3.8) is 0 Å². The molecule has 1 rings (SSSR count). The molecule has 0 radical (unpaired) electrons. The van der Waals surface area contributed by atoms with Crippen molar-refractivity contribution in [1.82, 2.24) is 0 Å². The van der Waals surface area contributed by atoms with Crippen molar-refractivity contribution in [2.45, 2.75) is 45.4 Å². The number of benzene rings is 1. The standard InChI is InChI=1S/C14H18ClF3O/c1-13(2,3)9-8-11(15)10-6-4-5-7-12(10)19-14(16,17)18/h4-7,11H,8-9H2,1-3H3. The second kappa shape index (κ2) is 6.04. The Morgan fingerprint density at radius 3 is 2.26 bits per heavy atom. The van der Waals surface area contributed by atoms with E-state index in [9.17, 15) is 13.2 Å². The van der Waals surface area contributed by atoms with E-state index in [1.807, 2.05) is 0 Å². The highest BCUT2D eigenvalue weighted by Crippen LogP contribution is 2.37. The Morgan fingerprint density at radius 2 is 1.74 bits per heavy atom. The first-order chi connectivity index (χ1) is 8.58. The molecule has 0 spiro atoms. The fourth-order valence-corrected chi connectivity index (χ4v) is 1.96. The molecule has 5 heteroatoms. The molecule has 1 atom stereocenters. The van der Waals surface area contributed by atoms with Gasteiger partial charge in [-0.2, -0.15) is 0 Å². The lowest BCUT2D eigenvalue weighted by Gasteiger charge is -2.21. The zero-order valence-corrected chi connectivity index (χ0v) is 12.0. The van der Waals surface area contributed by atoms with Gasteiger partial charge in [-0.1, -0.05) is 39.0 Å². The fraction of sp³-hybridized carbons (Fsp3) is 0.571. The fourth-order valence-electron chi connectivity index (χ4n) is 1.67. The summed E-state index contributed by atoms with van der Waals surface area (Å²) in [4.78, 5) is 0. The predicted octanol–water partition coefficient (Wildman–Crippen LogP) is 5.69. The first kappa shape index (κ1) is 16.2. The van der Waals surface area contributed by atoms with Gasteiger partial charge in [-0.3, -0.25) is 0 Å². The van der Waals surface area contributed by atoms with Crippen LogP contribution in [0.2, 0.25) is 0 Å². The van der Waals surface area contributed by atoms with Crippen LogP contribution in [0, 0.1) is 5.41 Å². The summed E-state index contributed by atoms with van der Waals surface area (Å²) in [6.45, 7) is 6.19. The van der Waals surface area contributed by atoms with Gasteiger partial charge in [0.25, 0.3) is 0 Å². The average Bonchev–Trinajstić information content (AvgIpc) is 2.23. The van der Waals surface area contributed by atoms with Crippen molar-refractivity contribution < 1.29 is 17.9 Å². The second-order valence-corrected chi connectivity index (χ2v) is 6.18. The Kier molecular flexibility index (Phi) is 5.13. The molecule has 19 heavy (non-hydrogen) atoms. The van der Waals surface area contributed by atoms with Crippen molar-refractivity contribution in [1.29, 1.82) is 0 Å². The predicted molar refractivity (Wildman–Crippen MR) is 70.4 cm³/mol. The number of halogens is 4.